The van der Waals surface area contributed by atoms with Crippen molar-refractivity contribution in [3.05, 3.63) is 33.6 Å². The lowest BCUT2D eigenvalue weighted by molar-refractivity contribution is -0.384. The molecule has 1 N–H and O–H groups in total. The number of anilines is 1. The number of aromatic carboxylic acids is 1. The Morgan fingerprint density at radius 2 is 2.25 bits per heavy atom. The van der Waals surface area contributed by atoms with Gasteiger partial charge in [-0.15, -0.1) is 0 Å². The number of rotatable bonds is 3. The second-order valence-electron chi connectivity index (χ2n) is 5.08. The summed E-state index contributed by atoms with van der Waals surface area (Å²) in [6.45, 7) is 3.24. The Balaban J connectivity index is 2.50. The first-order valence-electron chi connectivity index (χ1n) is 6.36. The zero-order chi connectivity index (χ0) is 14.9. The van der Waals surface area contributed by atoms with Gasteiger partial charge in [-0.2, -0.15) is 0 Å². The van der Waals surface area contributed by atoms with Gasteiger partial charge in [-0.25, -0.2) is 9.18 Å². The number of halogens is 1. The van der Waals surface area contributed by atoms with Gasteiger partial charge in [0.1, 0.15) is 11.5 Å². The Morgan fingerprint density at radius 1 is 1.55 bits per heavy atom. The molecule has 6 nitrogen and oxygen atoms in total. The molecule has 1 saturated heterocycles. The predicted octanol–water partition coefficient (Wildman–Crippen LogP) is 2.67. The van der Waals surface area contributed by atoms with E-state index in [9.17, 15) is 19.3 Å². The Morgan fingerprint density at radius 3 is 2.80 bits per heavy atom. The van der Waals surface area contributed by atoms with Crippen LogP contribution in [0.5, 0.6) is 0 Å². The monoisotopic (exact) mass is 282 g/mol. The number of nitrogens with zero attached hydrogens (tertiary/aromatic N) is 2. The molecule has 1 heterocycles. The average Bonchev–Trinajstić information content (AvgIpc) is 2.37. The summed E-state index contributed by atoms with van der Waals surface area (Å²) in [7, 11) is 0. The maximum absolute atomic E-state index is 13.6. The molecule has 1 aromatic rings. The molecule has 0 spiro atoms. The van der Waals surface area contributed by atoms with Crippen molar-refractivity contribution in [2.24, 2.45) is 5.92 Å². The fourth-order valence-electron chi connectivity index (χ4n) is 2.52. The first-order chi connectivity index (χ1) is 9.40. The number of carbonyl (C=O) groups is 1. The Labute approximate surface area is 115 Å². The molecule has 1 atom stereocenters. The molecule has 1 unspecified atom stereocenters. The van der Waals surface area contributed by atoms with Gasteiger partial charge < -0.3 is 10.0 Å². The summed E-state index contributed by atoms with van der Waals surface area (Å²) >= 11 is 0. The molecule has 20 heavy (non-hydrogen) atoms. The quantitative estimate of drug-likeness (QED) is 0.680. The van der Waals surface area contributed by atoms with E-state index in [4.69, 9.17) is 5.11 Å². The van der Waals surface area contributed by atoms with Gasteiger partial charge in [-0.1, -0.05) is 6.92 Å². The predicted molar refractivity (Wildman–Crippen MR) is 70.6 cm³/mol. The summed E-state index contributed by atoms with van der Waals surface area (Å²) in [5.41, 5.74) is -0.745. The lowest BCUT2D eigenvalue weighted by Gasteiger charge is -2.32. The van der Waals surface area contributed by atoms with Crippen molar-refractivity contribution < 1.29 is 19.2 Å². The van der Waals surface area contributed by atoms with E-state index in [0.717, 1.165) is 18.9 Å². The summed E-state index contributed by atoms with van der Waals surface area (Å²) in [6.07, 6.45) is 1.90. The molecule has 1 fully saturated rings. The number of hydrogen-bond donors (Lipinski definition) is 1. The number of benzene rings is 1. The second-order valence-corrected chi connectivity index (χ2v) is 5.08. The van der Waals surface area contributed by atoms with E-state index in [0.29, 0.717) is 25.1 Å². The maximum atomic E-state index is 13.6. The van der Waals surface area contributed by atoms with Crippen LogP contribution in [0.1, 0.15) is 30.1 Å². The van der Waals surface area contributed by atoms with E-state index >= 15 is 0 Å². The standard InChI is InChI=1S/C13H15FN2O4/c1-8-3-2-4-15(7-8)11-5-9(13(17)18)10(14)6-12(11)16(19)20/h5-6,8H,2-4,7H2,1H3,(H,17,18). The van der Waals surface area contributed by atoms with Crippen molar-refractivity contribution in [3.8, 4) is 0 Å². The highest BCUT2D eigenvalue weighted by atomic mass is 19.1. The molecule has 0 bridgehead atoms. The third kappa shape index (κ3) is 2.71. The SMILES string of the molecule is CC1CCCN(c2cc(C(=O)O)c(F)cc2[N+](=O)[O-])C1. The minimum Gasteiger partial charge on any atom is -0.478 e. The lowest BCUT2D eigenvalue weighted by atomic mass is 9.99. The summed E-state index contributed by atoms with van der Waals surface area (Å²) in [4.78, 5) is 23.1. The van der Waals surface area contributed by atoms with Gasteiger partial charge in [0.2, 0.25) is 0 Å². The van der Waals surface area contributed by atoms with Gasteiger partial charge >= 0.3 is 5.97 Å². The average molecular weight is 282 g/mol. The molecule has 2 rings (SSSR count). The van der Waals surface area contributed by atoms with Crippen LogP contribution in [0.3, 0.4) is 0 Å². The van der Waals surface area contributed by atoms with E-state index in [1.54, 1.807) is 4.90 Å². The van der Waals surface area contributed by atoms with Crippen LogP contribution in [0.4, 0.5) is 15.8 Å². The molecule has 0 aliphatic carbocycles. The molecule has 1 aliphatic heterocycles. The number of nitro groups is 1. The van der Waals surface area contributed by atoms with Gasteiger partial charge in [0.15, 0.2) is 0 Å². The molecule has 108 valence electrons. The fraction of sp³-hybridized carbons (Fsp3) is 0.462. The lowest BCUT2D eigenvalue weighted by Crippen LogP contribution is -2.34. The summed E-state index contributed by atoms with van der Waals surface area (Å²) in [5, 5.41) is 20.0. The first-order valence-corrected chi connectivity index (χ1v) is 6.36. The van der Waals surface area contributed by atoms with Crippen LogP contribution in [-0.2, 0) is 0 Å². The Bertz CT molecular complexity index is 562. The smallest absolute Gasteiger partial charge is 0.338 e. The summed E-state index contributed by atoms with van der Waals surface area (Å²) in [5.74, 6) is -2.15. The molecule has 1 aliphatic rings. The number of carboxylic acid groups (broad SMARTS) is 1. The van der Waals surface area contributed by atoms with E-state index < -0.39 is 22.3 Å². The van der Waals surface area contributed by atoms with E-state index in [-0.39, 0.29) is 11.4 Å². The van der Waals surface area contributed by atoms with Gasteiger partial charge in [0.05, 0.1) is 16.6 Å². The van der Waals surface area contributed by atoms with Crippen molar-refractivity contribution in [2.75, 3.05) is 18.0 Å². The topological polar surface area (TPSA) is 83.7 Å². The van der Waals surface area contributed by atoms with Crippen molar-refractivity contribution in [3.63, 3.8) is 0 Å². The van der Waals surface area contributed by atoms with Crippen molar-refractivity contribution in [2.45, 2.75) is 19.8 Å². The van der Waals surface area contributed by atoms with Gasteiger partial charge in [0.25, 0.3) is 5.69 Å². The Kier molecular flexibility index (Phi) is 3.87. The fourth-order valence-corrected chi connectivity index (χ4v) is 2.52. The normalized spacial score (nSPS) is 18.9. The van der Waals surface area contributed by atoms with Crippen LogP contribution in [-0.4, -0.2) is 29.1 Å². The van der Waals surface area contributed by atoms with E-state index in [2.05, 4.69) is 0 Å². The molecule has 1 aromatic carbocycles. The van der Waals surface area contributed by atoms with Gasteiger partial charge in [0, 0.05) is 13.1 Å². The third-order valence-corrected chi connectivity index (χ3v) is 3.49. The summed E-state index contributed by atoms with van der Waals surface area (Å²) in [6, 6.07) is 1.76. The number of carboxylic acids is 1. The molecule has 0 saturated carbocycles. The van der Waals surface area contributed by atoms with Crippen molar-refractivity contribution >= 4 is 17.3 Å². The van der Waals surface area contributed by atoms with E-state index in [1.165, 1.54) is 0 Å². The molecular formula is C13H15FN2O4. The molecular weight excluding hydrogens is 267 g/mol. The second kappa shape index (κ2) is 5.44. The van der Waals surface area contributed by atoms with Crippen LogP contribution in [0, 0.1) is 21.8 Å². The number of piperidine rings is 1. The summed E-state index contributed by atoms with van der Waals surface area (Å²) < 4.78 is 13.6. The van der Waals surface area contributed by atoms with Gasteiger partial charge in [-0.05, 0) is 24.8 Å². The van der Waals surface area contributed by atoms with Crippen LogP contribution in [0.15, 0.2) is 12.1 Å². The first kappa shape index (κ1) is 14.2. The largest absolute Gasteiger partial charge is 0.478 e. The highest BCUT2D eigenvalue weighted by molar-refractivity contribution is 5.90. The molecule has 7 heteroatoms. The molecule has 0 aromatic heterocycles. The highest BCUT2D eigenvalue weighted by Gasteiger charge is 2.27. The number of hydrogen-bond acceptors (Lipinski definition) is 4. The van der Waals surface area contributed by atoms with Crippen LogP contribution >= 0.6 is 0 Å². The third-order valence-electron chi connectivity index (χ3n) is 3.49. The molecule has 0 amide bonds. The highest BCUT2D eigenvalue weighted by Crippen LogP contribution is 2.33. The van der Waals surface area contributed by atoms with Crippen molar-refractivity contribution in [1.82, 2.24) is 0 Å². The van der Waals surface area contributed by atoms with Crippen molar-refractivity contribution in [1.29, 1.82) is 0 Å². The molecule has 0 radical (unpaired) electrons. The number of nitro benzene ring substituents is 1. The zero-order valence-corrected chi connectivity index (χ0v) is 11.0. The van der Waals surface area contributed by atoms with Crippen LogP contribution in [0.2, 0.25) is 0 Å². The minimum atomic E-state index is -1.43. The Hall–Kier alpha value is -2.18. The van der Waals surface area contributed by atoms with Crippen LogP contribution in [0.25, 0.3) is 0 Å². The zero-order valence-electron chi connectivity index (χ0n) is 11.0. The van der Waals surface area contributed by atoms with E-state index in [1.807, 2.05) is 6.92 Å². The maximum Gasteiger partial charge on any atom is 0.338 e. The van der Waals surface area contributed by atoms with Crippen LogP contribution < -0.4 is 4.90 Å². The minimum absolute atomic E-state index is 0.181. The van der Waals surface area contributed by atoms with Gasteiger partial charge in [-0.3, -0.25) is 10.1 Å².